The smallest absolute Gasteiger partial charge is 0.142 e. The summed E-state index contributed by atoms with van der Waals surface area (Å²) in [6, 6.07) is 9.90. The van der Waals surface area contributed by atoms with Crippen molar-refractivity contribution in [2.45, 2.75) is 5.33 Å². The normalized spacial score (nSPS) is 10.4. The summed E-state index contributed by atoms with van der Waals surface area (Å²) in [6.07, 6.45) is 0. The maximum atomic E-state index is 13.0. The third-order valence-electron chi connectivity index (χ3n) is 2.30. The van der Waals surface area contributed by atoms with Crippen LogP contribution in [0, 0.1) is 5.82 Å². The summed E-state index contributed by atoms with van der Waals surface area (Å²) in [5.74, 6) is 0.703. The van der Waals surface area contributed by atoms with Crippen LogP contribution in [-0.2, 0) is 5.33 Å². The molecule has 0 saturated heterocycles. The summed E-state index contributed by atoms with van der Waals surface area (Å²) < 4.78 is 19.5. The van der Waals surface area contributed by atoms with Crippen molar-refractivity contribution in [1.82, 2.24) is 0 Å². The van der Waals surface area contributed by atoms with Gasteiger partial charge in [-0.3, -0.25) is 0 Å². The molecule has 0 amide bonds. The number of ether oxygens (including phenoxy) is 1. The summed E-state index contributed by atoms with van der Waals surface area (Å²) in [6.45, 7) is 0. The van der Waals surface area contributed by atoms with Crippen molar-refractivity contribution < 1.29 is 9.13 Å². The first-order chi connectivity index (χ1) is 8.60. The molecule has 0 bridgehead atoms. The fraction of sp³-hybridized carbons (Fsp3) is 0.0769. The van der Waals surface area contributed by atoms with Crippen molar-refractivity contribution >= 4 is 43.5 Å². The summed E-state index contributed by atoms with van der Waals surface area (Å²) in [7, 11) is 0. The van der Waals surface area contributed by atoms with E-state index >= 15 is 0 Å². The highest BCUT2D eigenvalue weighted by molar-refractivity contribution is 9.10. The third-order valence-corrected chi connectivity index (χ3v) is 3.93. The van der Waals surface area contributed by atoms with Gasteiger partial charge >= 0.3 is 0 Å². The molecule has 0 heterocycles. The molecule has 2 aromatic carbocycles. The molecule has 0 N–H and O–H groups in total. The highest BCUT2D eigenvalue weighted by Gasteiger charge is 2.05. The Balaban J connectivity index is 2.23. The van der Waals surface area contributed by atoms with Crippen molar-refractivity contribution in [3.63, 3.8) is 0 Å². The number of alkyl halides is 1. The second-order valence-electron chi connectivity index (χ2n) is 3.56. The first-order valence-electron chi connectivity index (χ1n) is 5.07. The van der Waals surface area contributed by atoms with E-state index in [1.54, 1.807) is 0 Å². The lowest BCUT2D eigenvalue weighted by atomic mass is 10.2. The Kier molecular flexibility index (Phi) is 4.65. The zero-order valence-corrected chi connectivity index (χ0v) is 13.0. The molecule has 0 aromatic heterocycles. The van der Waals surface area contributed by atoms with Gasteiger partial charge in [-0.15, -0.1) is 0 Å². The molecule has 5 heteroatoms. The zero-order valence-electron chi connectivity index (χ0n) is 9.09. The molecule has 0 saturated carbocycles. The predicted octanol–water partition coefficient (Wildman–Crippen LogP) is 5.93. The number of benzene rings is 2. The summed E-state index contributed by atoms with van der Waals surface area (Å²) >= 11 is 12.5. The number of hydrogen-bond donors (Lipinski definition) is 0. The Labute approximate surface area is 126 Å². The SMILES string of the molecule is Fc1ccc(Oc2ccc(CBr)c(Br)c2)cc1Cl. The van der Waals surface area contributed by atoms with Crippen LogP contribution in [0.15, 0.2) is 40.9 Å². The molecule has 0 aliphatic heterocycles. The molecular weight excluding hydrogens is 386 g/mol. The minimum Gasteiger partial charge on any atom is -0.457 e. The third kappa shape index (κ3) is 3.25. The van der Waals surface area contributed by atoms with Gasteiger partial charge in [0.2, 0.25) is 0 Å². The second kappa shape index (κ2) is 6.04. The zero-order chi connectivity index (χ0) is 13.1. The van der Waals surface area contributed by atoms with Gasteiger partial charge in [0, 0.05) is 15.9 Å². The van der Waals surface area contributed by atoms with Crippen LogP contribution < -0.4 is 4.74 Å². The van der Waals surface area contributed by atoms with Crippen LogP contribution in [0.2, 0.25) is 5.02 Å². The molecule has 94 valence electrons. The van der Waals surface area contributed by atoms with E-state index in [2.05, 4.69) is 31.9 Å². The van der Waals surface area contributed by atoms with E-state index in [4.69, 9.17) is 16.3 Å². The number of hydrogen-bond acceptors (Lipinski definition) is 1. The van der Waals surface area contributed by atoms with Crippen LogP contribution in [0.5, 0.6) is 11.5 Å². The minimum atomic E-state index is -0.458. The van der Waals surface area contributed by atoms with E-state index in [0.29, 0.717) is 11.5 Å². The molecule has 0 aliphatic carbocycles. The Morgan fingerprint density at radius 3 is 2.39 bits per heavy atom. The molecule has 1 nitrogen and oxygen atoms in total. The van der Waals surface area contributed by atoms with E-state index in [9.17, 15) is 4.39 Å². The molecule has 18 heavy (non-hydrogen) atoms. The average Bonchev–Trinajstić information content (AvgIpc) is 2.34. The van der Waals surface area contributed by atoms with Crippen molar-refractivity contribution in [2.24, 2.45) is 0 Å². The Bertz CT molecular complexity index is 575. The van der Waals surface area contributed by atoms with Gasteiger partial charge in [0.05, 0.1) is 5.02 Å². The van der Waals surface area contributed by atoms with Gasteiger partial charge in [-0.05, 0) is 29.8 Å². The first-order valence-corrected chi connectivity index (χ1v) is 7.36. The van der Waals surface area contributed by atoms with E-state index in [0.717, 1.165) is 15.4 Å². The first kappa shape index (κ1) is 13.8. The Morgan fingerprint density at radius 2 is 1.78 bits per heavy atom. The van der Waals surface area contributed by atoms with Gasteiger partial charge in [0.1, 0.15) is 17.3 Å². The lowest BCUT2D eigenvalue weighted by molar-refractivity contribution is 0.480. The van der Waals surface area contributed by atoms with Crippen molar-refractivity contribution in [3.05, 3.63) is 57.3 Å². The fourth-order valence-corrected chi connectivity index (χ4v) is 2.91. The summed E-state index contributed by atoms with van der Waals surface area (Å²) in [4.78, 5) is 0. The van der Waals surface area contributed by atoms with Crippen LogP contribution in [0.1, 0.15) is 5.56 Å². The van der Waals surface area contributed by atoms with Gasteiger partial charge in [-0.25, -0.2) is 4.39 Å². The fourth-order valence-electron chi connectivity index (χ4n) is 1.38. The molecule has 0 aliphatic rings. The highest BCUT2D eigenvalue weighted by atomic mass is 79.9. The van der Waals surface area contributed by atoms with Gasteiger partial charge in [0.15, 0.2) is 0 Å². The molecule has 0 unspecified atom stereocenters. The average molecular weight is 394 g/mol. The molecule has 0 fully saturated rings. The van der Waals surface area contributed by atoms with Gasteiger partial charge in [-0.2, -0.15) is 0 Å². The molecule has 2 rings (SSSR count). The van der Waals surface area contributed by atoms with Crippen LogP contribution >= 0.6 is 43.5 Å². The van der Waals surface area contributed by atoms with Crippen LogP contribution in [0.25, 0.3) is 0 Å². The van der Waals surface area contributed by atoms with Gasteiger partial charge in [-0.1, -0.05) is 49.5 Å². The Morgan fingerprint density at radius 1 is 1.11 bits per heavy atom. The minimum absolute atomic E-state index is 0.0450. The van der Waals surface area contributed by atoms with Crippen LogP contribution in [-0.4, -0.2) is 0 Å². The standard InChI is InChI=1S/C13H8Br2ClFO/c14-7-8-1-2-9(5-11(8)15)18-10-3-4-13(17)12(16)6-10/h1-6H,7H2. The van der Waals surface area contributed by atoms with Crippen molar-refractivity contribution in [2.75, 3.05) is 0 Å². The van der Waals surface area contributed by atoms with Gasteiger partial charge < -0.3 is 4.74 Å². The molecule has 0 spiro atoms. The number of rotatable bonds is 3. The summed E-state index contributed by atoms with van der Waals surface area (Å²) in [5.41, 5.74) is 1.12. The molecule has 0 radical (unpaired) electrons. The predicted molar refractivity (Wildman–Crippen MR) is 78.3 cm³/mol. The van der Waals surface area contributed by atoms with Crippen molar-refractivity contribution in [3.8, 4) is 11.5 Å². The maximum absolute atomic E-state index is 13.0. The monoisotopic (exact) mass is 392 g/mol. The van der Waals surface area contributed by atoms with Gasteiger partial charge in [0.25, 0.3) is 0 Å². The largest absolute Gasteiger partial charge is 0.457 e. The molecular formula is C13H8Br2ClFO. The second-order valence-corrected chi connectivity index (χ2v) is 5.39. The Hall–Kier alpha value is -0.580. The lowest BCUT2D eigenvalue weighted by Gasteiger charge is -2.08. The van der Waals surface area contributed by atoms with E-state index in [-0.39, 0.29) is 5.02 Å². The van der Waals surface area contributed by atoms with Crippen molar-refractivity contribution in [1.29, 1.82) is 0 Å². The highest BCUT2D eigenvalue weighted by Crippen LogP contribution is 2.30. The van der Waals surface area contributed by atoms with Crippen LogP contribution in [0.4, 0.5) is 4.39 Å². The maximum Gasteiger partial charge on any atom is 0.142 e. The summed E-state index contributed by atoms with van der Waals surface area (Å²) in [5, 5.41) is 0.805. The van der Waals surface area contributed by atoms with E-state index in [1.807, 2.05) is 18.2 Å². The molecule has 2 aromatic rings. The van der Waals surface area contributed by atoms with E-state index in [1.165, 1.54) is 18.2 Å². The lowest BCUT2D eigenvalue weighted by Crippen LogP contribution is -1.87. The number of halogens is 4. The molecule has 0 atom stereocenters. The van der Waals surface area contributed by atoms with Crippen LogP contribution in [0.3, 0.4) is 0 Å². The topological polar surface area (TPSA) is 9.23 Å². The quantitative estimate of drug-likeness (QED) is 0.587. The van der Waals surface area contributed by atoms with E-state index < -0.39 is 5.82 Å².